The van der Waals surface area contributed by atoms with E-state index in [-0.39, 0.29) is 11.3 Å². The molecule has 5 heteroatoms. The van der Waals surface area contributed by atoms with Crippen LogP contribution in [-0.4, -0.2) is 16.6 Å². The van der Waals surface area contributed by atoms with E-state index in [0.717, 1.165) is 40.0 Å². The van der Waals surface area contributed by atoms with Crippen LogP contribution < -0.4 is 5.43 Å². The van der Waals surface area contributed by atoms with Crippen molar-refractivity contribution in [2.45, 2.75) is 40.0 Å². The lowest BCUT2D eigenvalue weighted by Gasteiger charge is -2.34. The normalized spacial score (nSPS) is 20.4. The molecule has 1 unspecified atom stereocenters. The number of fused-ring (bicyclic) bond motifs is 1. The summed E-state index contributed by atoms with van der Waals surface area (Å²) in [6, 6.07) is 13.7. The summed E-state index contributed by atoms with van der Waals surface area (Å²) in [4.78, 5) is 18.8. The highest BCUT2D eigenvalue weighted by Crippen LogP contribution is 2.37. The number of hydrogen-bond acceptors (Lipinski definition) is 4. The van der Waals surface area contributed by atoms with Gasteiger partial charge in [0.25, 0.3) is 5.91 Å². The van der Waals surface area contributed by atoms with E-state index >= 15 is 0 Å². The number of nitrogens with one attached hydrogen (secondary N) is 1. The molecule has 2 heterocycles. The van der Waals surface area contributed by atoms with Crippen LogP contribution in [0.1, 0.15) is 50.4 Å². The van der Waals surface area contributed by atoms with E-state index in [0.29, 0.717) is 11.5 Å². The average Bonchev–Trinajstić information content (AvgIpc) is 3.18. The van der Waals surface area contributed by atoms with Crippen molar-refractivity contribution in [2.75, 3.05) is 0 Å². The fraction of sp³-hybridized carbons (Fsp3) is 0.348. The topological polar surface area (TPSA) is 54.4 Å². The van der Waals surface area contributed by atoms with Crippen LogP contribution in [0.5, 0.6) is 0 Å². The first-order valence-corrected chi connectivity index (χ1v) is 10.6. The zero-order valence-corrected chi connectivity index (χ0v) is 17.3. The number of benzene rings is 1. The van der Waals surface area contributed by atoms with Gasteiger partial charge in [0.05, 0.1) is 21.7 Å². The van der Waals surface area contributed by atoms with Gasteiger partial charge in [-0.2, -0.15) is 5.10 Å². The Bertz CT molecular complexity index is 1040. The van der Waals surface area contributed by atoms with Gasteiger partial charge in [0, 0.05) is 11.1 Å². The molecule has 0 radical (unpaired) electrons. The molecule has 0 aliphatic heterocycles. The number of nitrogens with zero attached hydrogens (tertiary/aromatic N) is 2. The summed E-state index contributed by atoms with van der Waals surface area (Å²) < 4.78 is 0. The molecule has 0 saturated heterocycles. The average molecular weight is 392 g/mol. The monoisotopic (exact) mass is 391 g/mol. The fourth-order valence-corrected chi connectivity index (χ4v) is 4.99. The molecule has 1 aliphatic carbocycles. The van der Waals surface area contributed by atoms with Gasteiger partial charge in [-0.15, -0.1) is 11.3 Å². The molecule has 4 rings (SSSR count). The molecular weight excluding hydrogens is 366 g/mol. The second-order valence-corrected chi connectivity index (χ2v) is 9.47. The second-order valence-electron chi connectivity index (χ2n) is 8.52. The summed E-state index contributed by atoms with van der Waals surface area (Å²) in [6.45, 7) is 6.79. The van der Waals surface area contributed by atoms with Gasteiger partial charge in [0.1, 0.15) is 0 Å². The second kappa shape index (κ2) is 7.47. The van der Waals surface area contributed by atoms with Gasteiger partial charge < -0.3 is 0 Å². The van der Waals surface area contributed by atoms with Crippen LogP contribution in [0.4, 0.5) is 0 Å². The first kappa shape index (κ1) is 18.8. The zero-order chi connectivity index (χ0) is 19.7. The summed E-state index contributed by atoms with van der Waals surface area (Å²) >= 11 is 1.62. The van der Waals surface area contributed by atoms with Crippen molar-refractivity contribution in [3.05, 3.63) is 53.4 Å². The number of thiophene rings is 1. The molecule has 0 spiro atoms. The maximum Gasteiger partial charge on any atom is 0.272 e. The van der Waals surface area contributed by atoms with Crippen LogP contribution in [0.25, 0.3) is 21.5 Å². The summed E-state index contributed by atoms with van der Waals surface area (Å²) in [5, 5.41) is 7.37. The minimum absolute atomic E-state index is 0.181. The van der Waals surface area contributed by atoms with Gasteiger partial charge in [0.2, 0.25) is 0 Å². The number of carbonyl (C=O) groups is 1. The molecule has 28 heavy (non-hydrogen) atoms. The van der Waals surface area contributed by atoms with Gasteiger partial charge >= 0.3 is 0 Å². The molecule has 1 saturated carbocycles. The maximum atomic E-state index is 13.0. The largest absolute Gasteiger partial charge is 0.272 e. The fourth-order valence-electron chi connectivity index (χ4n) is 4.30. The van der Waals surface area contributed by atoms with Crippen LogP contribution in [-0.2, 0) is 0 Å². The highest BCUT2D eigenvalue weighted by atomic mass is 32.1. The third kappa shape index (κ3) is 3.99. The number of para-hydroxylation sites is 1. The Morgan fingerprint density at radius 1 is 1.25 bits per heavy atom. The highest BCUT2D eigenvalue weighted by molar-refractivity contribution is 7.13. The molecule has 4 nitrogen and oxygen atoms in total. The minimum atomic E-state index is -0.181. The van der Waals surface area contributed by atoms with Crippen molar-refractivity contribution in [1.29, 1.82) is 0 Å². The van der Waals surface area contributed by atoms with E-state index in [1.165, 1.54) is 6.42 Å². The standard InChI is InChI=1S/C23H25N3OS/c1-15-11-16(14-23(2,3)13-15)25-26-22(27)18-12-20(21-9-6-10-28-21)24-19-8-5-4-7-17(18)19/h4-10,12,15H,11,13-14H2,1-3H3,(H,26,27)/b25-16-. The zero-order valence-electron chi connectivity index (χ0n) is 16.5. The van der Waals surface area contributed by atoms with E-state index in [1.54, 1.807) is 11.3 Å². The summed E-state index contributed by atoms with van der Waals surface area (Å²) in [5.41, 5.74) is 6.38. The molecule has 1 aromatic carbocycles. The first-order valence-electron chi connectivity index (χ1n) is 9.71. The molecule has 1 amide bonds. The van der Waals surface area contributed by atoms with Crippen molar-refractivity contribution in [2.24, 2.45) is 16.4 Å². The lowest BCUT2D eigenvalue weighted by atomic mass is 9.72. The molecular formula is C23H25N3OS. The molecule has 144 valence electrons. The Morgan fingerprint density at radius 3 is 2.82 bits per heavy atom. The summed E-state index contributed by atoms with van der Waals surface area (Å²) in [5.74, 6) is 0.409. The van der Waals surface area contributed by atoms with E-state index in [2.05, 4.69) is 31.3 Å². The predicted molar refractivity (Wildman–Crippen MR) is 117 cm³/mol. The van der Waals surface area contributed by atoms with Gasteiger partial charge in [-0.3, -0.25) is 4.79 Å². The van der Waals surface area contributed by atoms with Gasteiger partial charge in [-0.05, 0) is 54.2 Å². The Labute approximate surface area is 169 Å². The molecule has 0 bridgehead atoms. The SMILES string of the molecule is CC1C/C(=N/NC(=O)c2cc(-c3cccs3)nc3ccccc23)CC(C)(C)C1. The van der Waals surface area contributed by atoms with Crippen LogP contribution in [0, 0.1) is 11.3 Å². The Balaban J connectivity index is 1.66. The van der Waals surface area contributed by atoms with E-state index in [9.17, 15) is 4.79 Å². The van der Waals surface area contributed by atoms with Crippen molar-refractivity contribution < 1.29 is 4.79 Å². The van der Waals surface area contributed by atoms with Crippen LogP contribution in [0.2, 0.25) is 0 Å². The number of rotatable bonds is 3. The van der Waals surface area contributed by atoms with Crippen LogP contribution in [0.15, 0.2) is 52.9 Å². The Hall–Kier alpha value is -2.53. The number of hydrogen-bond donors (Lipinski definition) is 1. The smallest absolute Gasteiger partial charge is 0.267 e. The van der Waals surface area contributed by atoms with E-state index in [1.807, 2.05) is 47.8 Å². The molecule has 2 aromatic heterocycles. The lowest BCUT2D eigenvalue weighted by Crippen LogP contribution is -2.30. The number of pyridine rings is 1. The van der Waals surface area contributed by atoms with E-state index < -0.39 is 0 Å². The molecule has 3 aromatic rings. The number of hydrazone groups is 1. The molecule has 1 atom stereocenters. The summed E-state index contributed by atoms with van der Waals surface area (Å²) in [7, 11) is 0. The summed E-state index contributed by atoms with van der Waals surface area (Å²) in [6.07, 6.45) is 3.07. The van der Waals surface area contributed by atoms with Crippen molar-refractivity contribution in [3.8, 4) is 10.6 Å². The predicted octanol–water partition coefficient (Wildman–Crippen LogP) is 5.90. The van der Waals surface area contributed by atoms with Crippen molar-refractivity contribution in [3.63, 3.8) is 0 Å². The Morgan fingerprint density at radius 2 is 2.07 bits per heavy atom. The van der Waals surface area contributed by atoms with Crippen LogP contribution >= 0.6 is 11.3 Å². The minimum Gasteiger partial charge on any atom is -0.267 e. The molecule has 1 fully saturated rings. The number of amides is 1. The van der Waals surface area contributed by atoms with Gasteiger partial charge in [-0.25, -0.2) is 10.4 Å². The maximum absolute atomic E-state index is 13.0. The molecule has 1 aliphatic rings. The third-order valence-electron chi connectivity index (χ3n) is 5.22. The van der Waals surface area contributed by atoms with Crippen molar-refractivity contribution in [1.82, 2.24) is 10.4 Å². The van der Waals surface area contributed by atoms with Crippen molar-refractivity contribution >= 4 is 33.9 Å². The number of carbonyl (C=O) groups excluding carboxylic acids is 1. The lowest BCUT2D eigenvalue weighted by molar-refractivity contribution is 0.0955. The highest BCUT2D eigenvalue weighted by Gasteiger charge is 2.29. The quantitative estimate of drug-likeness (QED) is 0.566. The third-order valence-corrected chi connectivity index (χ3v) is 6.11. The van der Waals surface area contributed by atoms with E-state index in [4.69, 9.17) is 4.98 Å². The van der Waals surface area contributed by atoms with Gasteiger partial charge in [-0.1, -0.05) is 45.0 Å². The Kier molecular flexibility index (Phi) is 5.02. The van der Waals surface area contributed by atoms with Crippen LogP contribution in [0.3, 0.4) is 0 Å². The molecule has 1 N–H and O–H groups in total. The number of aromatic nitrogens is 1. The first-order chi connectivity index (χ1) is 13.4. The van der Waals surface area contributed by atoms with Gasteiger partial charge in [0.15, 0.2) is 0 Å².